The van der Waals surface area contributed by atoms with Crippen molar-refractivity contribution >= 4 is 29.9 Å². The molecular weight excluding hydrogens is 368 g/mol. The van der Waals surface area contributed by atoms with E-state index in [9.17, 15) is 9.59 Å². The number of hydrogen-bond acceptors (Lipinski definition) is 5. The van der Waals surface area contributed by atoms with Gasteiger partial charge in [-0.15, -0.1) is 0 Å². The van der Waals surface area contributed by atoms with Gasteiger partial charge in [-0.2, -0.15) is 0 Å². The van der Waals surface area contributed by atoms with Gasteiger partial charge in [0.2, 0.25) is 5.91 Å². The molecule has 2 aromatic heterocycles. The molecular formula is C21H26N6O2. The Bertz CT molecular complexity index is 1060. The van der Waals surface area contributed by atoms with Crippen LogP contribution in [0.15, 0.2) is 36.8 Å². The number of nitrogens with zero attached hydrogens (tertiary/aromatic N) is 2. The summed E-state index contributed by atoms with van der Waals surface area (Å²) in [6.07, 6.45) is 7.85. The van der Waals surface area contributed by atoms with Crippen LogP contribution in [0.4, 0.5) is 10.6 Å². The molecule has 0 fully saturated rings. The summed E-state index contributed by atoms with van der Waals surface area (Å²) in [5.41, 5.74) is 14.3. The second-order valence-corrected chi connectivity index (χ2v) is 6.46. The van der Waals surface area contributed by atoms with Crippen LogP contribution in [0.25, 0.3) is 23.4 Å². The highest BCUT2D eigenvalue weighted by atomic mass is 16.2. The fourth-order valence-corrected chi connectivity index (χ4v) is 2.80. The summed E-state index contributed by atoms with van der Waals surface area (Å²) in [5, 5.41) is 6.47. The Morgan fingerprint density at radius 3 is 2.72 bits per heavy atom. The highest BCUT2D eigenvalue weighted by molar-refractivity contribution is 5.86. The number of aryl methyl sites for hydroxylation is 1. The third kappa shape index (κ3) is 5.41. The zero-order chi connectivity index (χ0) is 21.6. The standard InChI is InChI=1S/C21H26N6O2/c1-5-14-7-8-24-11-17(14)18-10-15(16(6-2)19(22)27-18)9-12(3)25-21(29)26-13(4)20(23)28/h6-11,13H,3,5H2,1-2,4H3,(H2,22,27)(H2,23,28)(H2,25,26,29)/b15-9-,16-6+. The van der Waals surface area contributed by atoms with E-state index < -0.39 is 18.0 Å². The van der Waals surface area contributed by atoms with Crippen molar-refractivity contribution in [2.75, 3.05) is 5.73 Å². The molecule has 0 aromatic carbocycles. The zero-order valence-electron chi connectivity index (χ0n) is 16.8. The number of anilines is 1. The number of allylic oxidation sites excluding steroid dienone is 1. The number of amides is 3. The topological polar surface area (TPSA) is 136 Å². The van der Waals surface area contributed by atoms with Crippen LogP contribution in [0.2, 0.25) is 0 Å². The number of rotatable bonds is 6. The predicted molar refractivity (Wildman–Crippen MR) is 115 cm³/mol. The average Bonchev–Trinajstić information content (AvgIpc) is 2.67. The van der Waals surface area contributed by atoms with Crippen LogP contribution in [0, 0.1) is 0 Å². The van der Waals surface area contributed by atoms with E-state index in [-0.39, 0.29) is 0 Å². The fourth-order valence-electron chi connectivity index (χ4n) is 2.80. The van der Waals surface area contributed by atoms with Crippen molar-refractivity contribution in [2.24, 2.45) is 5.73 Å². The molecule has 29 heavy (non-hydrogen) atoms. The molecule has 1 unspecified atom stereocenters. The number of primary amides is 1. The second kappa shape index (κ2) is 9.50. The van der Waals surface area contributed by atoms with Crippen LogP contribution in [-0.2, 0) is 11.2 Å². The van der Waals surface area contributed by atoms with Gasteiger partial charge in [0.15, 0.2) is 0 Å². The summed E-state index contributed by atoms with van der Waals surface area (Å²) < 4.78 is 0. The maximum atomic E-state index is 12.0. The van der Waals surface area contributed by atoms with Gasteiger partial charge >= 0.3 is 6.03 Å². The molecule has 0 saturated heterocycles. The molecule has 6 N–H and O–H groups in total. The van der Waals surface area contributed by atoms with Gasteiger partial charge < -0.3 is 22.1 Å². The lowest BCUT2D eigenvalue weighted by Crippen LogP contribution is -2.46. The molecule has 0 saturated carbocycles. The number of hydrogen-bond donors (Lipinski definition) is 4. The van der Waals surface area contributed by atoms with Gasteiger partial charge in [0.1, 0.15) is 11.9 Å². The summed E-state index contributed by atoms with van der Waals surface area (Å²) >= 11 is 0. The summed E-state index contributed by atoms with van der Waals surface area (Å²) in [7, 11) is 0. The molecule has 0 spiro atoms. The molecule has 152 valence electrons. The highest BCUT2D eigenvalue weighted by Crippen LogP contribution is 2.20. The Kier molecular flexibility index (Phi) is 7.08. The quantitative estimate of drug-likeness (QED) is 0.567. The van der Waals surface area contributed by atoms with E-state index in [0.29, 0.717) is 17.2 Å². The largest absolute Gasteiger partial charge is 0.383 e. The highest BCUT2D eigenvalue weighted by Gasteiger charge is 2.12. The molecule has 2 rings (SSSR count). The average molecular weight is 394 g/mol. The molecule has 8 heteroatoms. The predicted octanol–water partition coefficient (Wildman–Crippen LogP) is 0.556. The minimum Gasteiger partial charge on any atom is -0.383 e. The van der Waals surface area contributed by atoms with E-state index in [1.165, 1.54) is 6.92 Å². The normalized spacial score (nSPS) is 13.1. The molecule has 3 amide bonds. The number of nitrogens with two attached hydrogens (primary N) is 2. The lowest BCUT2D eigenvalue weighted by Gasteiger charge is -2.11. The van der Waals surface area contributed by atoms with E-state index in [2.05, 4.69) is 34.1 Å². The van der Waals surface area contributed by atoms with Crippen molar-refractivity contribution in [3.63, 3.8) is 0 Å². The van der Waals surface area contributed by atoms with Gasteiger partial charge in [-0.25, -0.2) is 9.78 Å². The number of aromatic nitrogens is 2. The van der Waals surface area contributed by atoms with E-state index in [1.54, 1.807) is 18.5 Å². The molecule has 0 radical (unpaired) electrons. The molecule has 8 nitrogen and oxygen atoms in total. The van der Waals surface area contributed by atoms with Crippen molar-refractivity contribution in [3.8, 4) is 11.3 Å². The van der Waals surface area contributed by atoms with Gasteiger partial charge in [0.25, 0.3) is 0 Å². The maximum Gasteiger partial charge on any atom is 0.319 e. The van der Waals surface area contributed by atoms with Gasteiger partial charge in [-0.3, -0.25) is 9.78 Å². The van der Waals surface area contributed by atoms with Crippen molar-refractivity contribution in [1.29, 1.82) is 0 Å². The second-order valence-electron chi connectivity index (χ2n) is 6.46. The first kappa shape index (κ1) is 21.6. The lowest BCUT2D eigenvalue weighted by atomic mass is 10.0. The minimum atomic E-state index is -0.802. The van der Waals surface area contributed by atoms with E-state index in [4.69, 9.17) is 11.5 Å². The zero-order valence-corrected chi connectivity index (χ0v) is 16.8. The molecule has 0 aliphatic rings. The summed E-state index contributed by atoms with van der Waals surface area (Å²) in [4.78, 5) is 31.8. The van der Waals surface area contributed by atoms with Crippen molar-refractivity contribution < 1.29 is 9.59 Å². The first-order valence-electron chi connectivity index (χ1n) is 9.20. The molecule has 0 bridgehead atoms. The number of carbonyl (C=O) groups is 2. The van der Waals surface area contributed by atoms with Crippen LogP contribution in [0.1, 0.15) is 26.3 Å². The number of nitrogen functional groups attached to an aromatic ring is 1. The fraction of sp³-hybridized carbons (Fsp3) is 0.238. The first-order chi connectivity index (χ1) is 13.8. The summed E-state index contributed by atoms with van der Waals surface area (Å²) in [6, 6.07) is 2.44. The monoisotopic (exact) mass is 394 g/mol. The Morgan fingerprint density at radius 1 is 1.38 bits per heavy atom. The van der Waals surface area contributed by atoms with Crippen LogP contribution in [0.5, 0.6) is 0 Å². The first-order valence-corrected chi connectivity index (χ1v) is 9.20. The minimum absolute atomic E-state index is 0.320. The SMILES string of the molecule is C=C(/C=c1/cc(-c2cnccc2CC)nc(N)/c1=C/C)NC(=O)NC(C)C(N)=O. The summed E-state index contributed by atoms with van der Waals surface area (Å²) in [5.74, 6) is -0.269. The third-order valence-corrected chi connectivity index (χ3v) is 4.36. The number of pyridine rings is 2. The van der Waals surface area contributed by atoms with Crippen LogP contribution < -0.4 is 32.5 Å². The number of carbonyl (C=O) groups excluding carboxylic acids is 2. The molecule has 2 aromatic rings. The Hall–Kier alpha value is -3.68. The van der Waals surface area contributed by atoms with Crippen LogP contribution in [-0.4, -0.2) is 27.9 Å². The Balaban J connectivity index is 2.43. The van der Waals surface area contributed by atoms with Crippen LogP contribution >= 0.6 is 0 Å². The van der Waals surface area contributed by atoms with E-state index >= 15 is 0 Å². The lowest BCUT2D eigenvalue weighted by molar-refractivity contribution is -0.119. The number of urea groups is 1. The molecule has 0 aliphatic heterocycles. The van der Waals surface area contributed by atoms with Crippen LogP contribution in [0.3, 0.4) is 0 Å². The number of nitrogens with one attached hydrogen (secondary N) is 2. The maximum absolute atomic E-state index is 12.0. The van der Waals surface area contributed by atoms with Gasteiger partial charge in [0.05, 0.1) is 5.69 Å². The third-order valence-electron chi connectivity index (χ3n) is 4.36. The van der Waals surface area contributed by atoms with Gasteiger partial charge in [0, 0.05) is 28.9 Å². The van der Waals surface area contributed by atoms with Gasteiger partial charge in [-0.05, 0) is 49.3 Å². The molecule has 0 aliphatic carbocycles. The van der Waals surface area contributed by atoms with Crippen molar-refractivity contribution in [2.45, 2.75) is 33.2 Å². The summed E-state index contributed by atoms with van der Waals surface area (Å²) in [6.45, 7) is 9.25. The smallest absolute Gasteiger partial charge is 0.319 e. The van der Waals surface area contributed by atoms with Crippen molar-refractivity contribution in [3.05, 3.63) is 52.8 Å². The molecule has 1 atom stereocenters. The Labute approximate surface area is 169 Å². The van der Waals surface area contributed by atoms with E-state index in [1.807, 2.05) is 25.1 Å². The van der Waals surface area contributed by atoms with Crippen molar-refractivity contribution in [1.82, 2.24) is 20.6 Å². The van der Waals surface area contributed by atoms with E-state index in [0.717, 1.165) is 28.0 Å². The van der Waals surface area contributed by atoms with Gasteiger partial charge in [-0.1, -0.05) is 19.6 Å². The Morgan fingerprint density at radius 2 is 2.10 bits per heavy atom. The molecule has 2 heterocycles.